The summed E-state index contributed by atoms with van der Waals surface area (Å²) in [5.41, 5.74) is 12.9. The van der Waals surface area contributed by atoms with Gasteiger partial charge < -0.3 is 19.1 Å². The average Bonchev–Trinajstić information content (AvgIpc) is 3.81. The van der Waals surface area contributed by atoms with Crippen LogP contribution in [0.15, 0.2) is 197 Å². The van der Waals surface area contributed by atoms with Gasteiger partial charge in [0.2, 0.25) is 0 Å². The molecule has 0 radical (unpaired) electrons. The molecule has 4 heteroatoms. The number of benzene rings is 8. The highest BCUT2D eigenvalue weighted by atomic mass is 16.3. The number of furan rings is 2. The Labute approximate surface area is 331 Å². The van der Waals surface area contributed by atoms with Crippen LogP contribution >= 0.6 is 0 Å². The molecule has 2 heterocycles. The average molecular weight is 737 g/mol. The molecule has 0 bridgehead atoms. The molecule has 1 aliphatic rings. The summed E-state index contributed by atoms with van der Waals surface area (Å²) in [4.78, 5) is 2.37. The molecule has 10 aromatic rings. The minimum absolute atomic E-state index is 0.487. The number of nitrogens with one attached hydrogen (secondary N) is 1. The number of hydrogen-bond donors (Lipinski definition) is 1. The predicted molar refractivity (Wildman–Crippen MR) is 239 cm³/mol. The van der Waals surface area contributed by atoms with Crippen molar-refractivity contribution in [3.63, 3.8) is 0 Å². The Bertz CT molecular complexity index is 2990. The van der Waals surface area contributed by atoms with Crippen molar-refractivity contribution in [3.8, 4) is 0 Å². The molecule has 0 atom stereocenters. The van der Waals surface area contributed by atoms with Gasteiger partial charge in [-0.15, -0.1) is 0 Å². The van der Waals surface area contributed by atoms with E-state index in [1.165, 1.54) is 11.1 Å². The van der Waals surface area contributed by atoms with Crippen LogP contribution in [0.3, 0.4) is 0 Å². The summed E-state index contributed by atoms with van der Waals surface area (Å²) < 4.78 is 13.4. The largest absolute Gasteiger partial charge is 0.456 e. The molecule has 8 aromatic carbocycles. The highest BCUT2D eigenvalue weighted by Gasteiger charge is 2.37. The molecule has 11 rings (SSSR count). The van der Waals surface area contributed by atoms with E-state index in [2.05, 4.69) is 170 Å². The van der Waals surface area contributed by atoms with Crippen LogP contribution in [0.5, 0.6) is 0 Å². The van der Waals surface area contributed by atoms with Gasteiger partial charge in [0.25, 0.3) is 0 Å². The smallest absolute Gasteiger partial charge is 0.145 e. The molecule has 2 aromatic heterocycles. The van der Waals surface area contributed by atoms with Crippen molar-refractivity contribution >= 4 is 84.5 Å². The van der Waals surface area contributed by atoms with Crippen molar-refractivity contribution in [1.29, 1.82) is 0 Å². The van der Waals surface area contributed by atoms with E-state index in [-0.39, 0.29) is 0 Å². The quantitative estimate of drug-likeness (QED) is 0.191. The first-order chi connectivity index (χ1) is 28.1. The lowest BCUT2D eigenvalue weighted by atomic mass is 9.73. The Morgan fingerprint density at radius 2 is 1.00 bits per heavy atom. The summed E-state index contributed by atoms with van der Waals surface area (Å²) >= 11 is 0. The van der Waals surface area contributed by atoms with Gasteiger partial charge in [0.15, 0.2) is 0 Å². The molecule has 0 amide bonds. The fourth-order valence-electron chi connectivity index (χ4n) is 8.53. The number of anilines is 5. The molecule has 274 valence electrons. The third kappa shape index (κ3) is 5.94. The number of hydrogen-bond acceptors (Lipinski definition) is 4. The van der Waals surface area contributed by atoms with Gasteiger partial charge in [-0.05, 0) is 77.4 Å². The standard InChI is InChI=1S/C47H34N2O2.C6H6/c1-47(2)37-29-38(49(32-18-8-4-9-19-32)33-20-10-5-11-21-33)42-35-22-12-15-25-40(35)51-46(42)34(37)27-26-30-28-41-43(36-23-13-14-24-39(36)50-41)45(44(30)47)48-31-16-6-3-7-17-31;1-2-4-6-5-3-1/h3-29,48H,1-2H3;1-6H. The minimum Gasteiger partial charge on any atom is -0.456 e. The first kappa shape index (κ1) is 34.2. The van der Waals surface area contributed by atoms with Gasteiger partial charge in [0.05, 0.1) is 22.1 Å². The molecule has 4 nitrogen and oxygen atoms in total. The van der Waals surface area contributed by atoms with Crippen LogP contribution in [0.25, 0.3) is 56.0 Å². The zero-order chi connectivity index (χ0) is 38.3. The Balaban J connectivity index is 0.000000607. The maximum absolute atomic E-state index is 6.90. The normalized spacial score (nSPS) is 12.8. The van der Waals surface area contributed by atoms with Crippen LogP contribution in [-0.2, 0) is 5.41 Å². The zero-order valence-corrected chi connectivity index (χ0v) is 31.8. The molecule has 57 heavy (non-hydrogen) atoms. The predicted octanol–water partition coefficient (Wildman–Crippen LogP) is 15.2. The van der Waals surface area contributed by atoms with Gasteiger partial charge in [0, 0.05) is 38.8 Å². The summed E-state index contributed by atoms with van der Waals surface area (Å²) in [6.45, 7) is 4.69. The maximum atomic E-state index is 6.90. The van der Waals surface area contributed by atoms with E-state index in [4.69, 9.17) is 8.83 Å². The number of para-hydroxylation sites is 5. The lowest BCUT2D eigenvalue weighted by Gasteiger charge is -2.33. The van der Waals surface area contributed by atoms with Crippen molar-refractivity contribution in [2.24, 2.45) is 0 Å². The molecule has 0 saturated carbocycles. The van der Waals surface area contributed by atoms with E-state index >= 15 is 0 Å². The summed E-state index contributed by atoms with van der Waals surface area (Å²) in [5, 5.41) is 8.24. The Morgan fingerprint density at radius 3 is 1.61 bits per heavy atom. The van der Waals surface area contributed by atoms with E-state index in [1.807, 2.05) is 54.6 Å². The first-order valence-electron chi connectivity index (χ1n) is 19.4. The van der Waals surface area contributed by atoms with Crippen molar-refractivity contribution in [2.45, 2.75) is 19.3 Å². The highest BCUT2D eigenvalue weighted by Crippen LogP contribution is 2.53. The molecule has 0 spiro atoms. The molecule has 0 fully saturated rings. The van der Waals surface area contributed by atoms with E-state index in [0.717, 1.165) is 83.4 Å². The molecular formula is C53H40N2O2. The van der Waals surface area contributed by atoms with Crippen molar-refractivity contribution in [2.75, 3.05) is 10.2 Å². The second kappa shape index (κ2) is 14.1. The Morgan fingerprint density at radius 1 is 0.491 bits per heavy atom. The number of nitrogens with zero attached hydrogens (tertiary/aromatic N) is 1. The van der Waals surface area contributed by atoms with Crippen LogP contribution in [0, 0.1) is 0 Å². The molecule has 0 unspecified atom stereocenters. The highest BCUT2D eigenvalue weighted by molar-refractivity contribution is 6.18. The van der Waals surface area contributed by atoms with Gasteiger partial charge in [0.1, 0.15) is 22.3 Å². The van der Waals surface area contributed by atoms with Crippen molar-refractivity contribution in [1.82, 2.24) is 0 Å². The van der Waals surface area contributed by atoms with Gasteiger partial charge in [-0.3, -0.25) is 0 Å². The summed E-state index contributed by atoms with van der Waals surface area (Å²) in [6.07, 6.45) is 4.48. The van der Waals surface area contributed by atoms with Crippen LogP contribution in [0.1, 0.15) is 36.1 Å². The van der Waals surface area contributed by atoms with Gasteiger partial charge in [-0.2, -0.15) is 0 Å². The third-order valence-electron chi connectivity index (χ3n) is 11.1. The Hall–Kier alpha value is -7.30. The van der Waals surface area contributed by atoms with Crippen LogP contribution < -0.4 is 10.2 Å². The number of rotatable bonds is 5. The summed E-state index contributed by atoms with van der Waals surface area (Å²) in [5.74, 6) is 0. The van der Waals surface area contributed by atoms with E-state index in [9.17, 15) is 0 Å². The van der Waals surface area contributed by atoms with Crippen molar-refractivity contribution < 1.29 is 8.83 Å². The summed E-state index contributed by atoms with van der Waals surface area (Å²) in [6, 6.07) is 65.0. The fourth-order valence-corrected chi connectivity index (χ4v) is 8.53. The fraction of sp³-hybridized carbons (Fsp3) is 0.0566. The number of fused-ring (bicyclic) bond motifs is 9. The molecule has 0 aliphatic heterocycles. The second-order valence-electron chi connectivity index (χ2n) is 15.0. The molecule has 0 saturated heterocycles. The topological polar surface area (TPSA) is 41.6 Å². The van der Waals surface area contributed by atoms with Gasteiger partial charge >= 0.3 is 0 Å². The van der Waals surface area contributed by atoms with Crippen LogP contribution in [0.2, 0.25) is 0 Å². The van der Waals surface area contributed by atoms with E-state index in [1.54, 1.807) is 0 Å². The minimum atomic E-state index is -0.487. The zero-order valence-electron chi connectivity index (χ0n) is 31.8. The van der Waals surface area contributed by atoms with Crippen molar-refractivity contribution in [3.05, 3.63) is 210 Å². The second-order valence-corrected chi connectivity index (χ2v) is 15.0. The van der Waals surface area contributed by atoms with E-state index in [0.29, 0.717) is 0 Å². The molecular weight excluding hydrogens is 697 g/mol. The van der Waals surface area contributed by atoms with E-state index < -0.39 is 5.41 Å². The molecule has 1 N–H and O–H groups in total. The monoisotopic (exact) mass is 736 g/mol. The van der Waals surface area contributed by atoms with Gasteiger partial charge in [-0.25, -0.2) is 0 Å². The first-order valence-corrected chi connectivity index (χ1v) is 19.4. The lowest BCUT2D eigenvalue weighted by Crippen LogP contribution is -2.23. The van der Waals surface area contributed by atoms with Gasteiger partial charge in [-0.1, -0.05) is 153 Å². The van der Waals surface area contributed by atoms with Crippen LogP contribution in [-0.4, -0.2) is 0 Å². The summed E-state index contributed by atoms with van der Waals surface area (Å²) in [7, 11) is 0. The SMILES string of the molecule is CC1(C)c2cc(N(c3ccccc3)c3ccccc3)c3c(oc4ccccc43)c2C=Cc2cc3oc4ccccc4c3c(Nc3ccccc3)c21.c1ccccc1. The maximum Gasteiger partial charge on any atom is 0.145 e. The Kier molecular flexibility index (Phi) is 8.45. The third-order valence-corrected chi connectivity index (χ3v) is 11.1. The lowest BCUT2D eigenvalue weighted by molar-refractivity contribution is 0.632. The molecule has 1 aliphatic carbocycles. The van der Waals surface area contributed by atoms with Crippen LogP contribution in [0.4, 0.5) is 28.4 Å².